The highest BCUT2D eigenvalue weighted by molar-refractivity contribution is 5.71. The van der Waals surface area contributed by atoms with Crippen molar-refractivity contribution in [3.63, 3.8) is 0 Å². The maximum absolute atomic E-state index is 12.9. The van der Waals surface area contributed by atoms with Gasteiger partial charge >= 0.3 is 17.9 Å². The second-order valence-electron chi connectivity index (χ2n) is 22.4. The van der Waals surface area contributed by atoms with Crippen molar-refractivity contribution in [3.05, 3.63) is 48.6 Å². The number of ether oxygens (including phenoxy) is 3. The van der Waals surface area contributed by atoms with Gasteiger partial charge in [0.1, 0.15) is 13.2 Å². The molecule has 0 saturated heterocycles. The molecule has 0 rings (SSSR count). The summed E-state index contributed by atoms with van der Waals surface area (Å²) < 4.78 is 16.9. The van der Waals surface area contributed by atoms with Crippen LogP contribution in [0, 0.1) is 0 Å². The van der Waals surface area contributed by atoms with Gasteiger partial charge in [-0.2, -0.15) is 0 Å². The molecule has 0 aliphatic heterocycles. The molecule has 0 N–H and O–H groups in total. The Morgan fingerprint density at radius 1 is 0.267 bits per heavy atom. The molecule has 0 radical (unpaired) electrons. The fraction of sp³-hybridized carbons (Fsp3) is 0.841. The third kappa shape index (κ3) is 62.1. The predicted molar refractivity (Wildman–Crippen MR) is 325 cm³/mol. The monoisotopic (exact) mass is 1050 g/mol. The van der Waals surface area contributed by atoms with Gasteiger partial charge in [-0.25, -0.2) is 0 Å². The van der Waals surface area contributed by atoms with Crippen LogP contribution in [0.1, 0.15) is 355 Å². The van der Waals surface area contributed by atoms with Gasteiger partial charge in [-0.15, -0.1) is 0 Å². The molecule has 1 atom stereocenters. The largest absolute Gasteiger partial charge is 0.462 e. The third-order valence-corrected chi connectivity index (χ3v) is 14.8. The first-order chi connectivity index (χ1) is 37.0. The third-order valence-electron chi connectivity index (χ3n) is 14.8. The smallest absolute Gasteiger partial charge is 0.306 e. The van der Waals surface area contributed by atoms with Crippen molar-refractivity contribution in [1.29, 1.82) is 0 Å². The summed E-state index contributed by atoms with van der Waals surface area (Å²) in [5, 5.41) is 0. The molecule has 0 aliphatic carbocycles. The summed E-state index contributed by atoms with van der Waals surface area (Å²) in [6.45, 7) is 6.65. The molecule has 0 fully saturated rings. The van der Waals surface area contributed by atoms with Crippen LogP contribution >= 0.6 is 0 Å². The number of carbonyl (C=O) groups excluding carboxylic acids is 3. The van der Waals surface area contributed by atoms with E-state index >= 15 is 0 Å². The second-order valence-corrected chi connectivity index (χ2v) is 22.4. The minimum absolute atomic E-state index is 0.0745. The van der Waals surface area contributed by atoms with Crippen molar-refractivity contribution in [2.45, 2.75) is 361 Å². The minimum Gasteiger partial charge on any atom is -0.462 e. The Hall–Kier alpha value is -2.63. The number of carbonyl (C=O) groups is 3. The summed E-state index contributed by atoms with van der Waals surface area (Å²) in [4.78, 5) is 38.3. The summed E-state index contributed by atoms with van der Waals surface area (Å²) in [6.07, 6.45) is 79.8. The molecule has 0 amide bonds. The van der Waals surface area contributed by atoms with Gasteiger partial charge in [-0.1, -0.05) is 281 Å². The van der Waals surface area contributed by atoms with Crippen molar-refractivity contribution < 1.29 is 28.6 Å². The maximum Gasteiger partial charge on any atom is 0.306 e. The van der Waals surface area contributed by atoms with Gasteiger partial charge in [0, 0.05) is 19.3 Å². The molecule has 0 bridgehead atoms. The predicted octanol–water partition coefficient (Wildman–Crippen LogP) is 22.6. The lowest BCUT2D eigenvalue weighted by atomic mass is 10.0. The van der Waals surface area contributed by atoms with Crippen LogP contribution in [0.15, 0.2) is 48.6 Å². The van der Waals surface area contributed by atoms with E-state index in [1.54, 1.807) is 0 Å². The normalized spacial score (nSPS) is 12.3. The fourth-order valence-corrected chi connectivity index (χ4v) is 9.76. The van der Waals surface area contributed by atoms with E-state index in [0.29, 0.717) is 19.3 Å². The molecule has 0 aromatic rings. The van der Waals surface area contributed by atoms with Crippen molar-refractivity contribution >= 4 is 17.9 Å². The molecular formula is C69H126O6. The summed E-state index contributed by atoms with van der Waals surface area (Å²) >= 11 is 0. The van der Waals surface area contributed by atoms with Crippen LogP contribution in [0.25, 0.3) is 0 Å². The van der Waals surface area contributed by atoms with Gasteiger partial charge in [0.25, 0.3) is 0 Å². The molecule has 0 heterocycles. The quantitative estimate of drug-likeness (QED) is 0.0261. The average molecular weight is 1050 g/mol. The molecule has 75 heavy (non-hydrogen) atoms. The lowest BCUT2D eigenvalue weighted by Gasteiger charge is -2.18. The fourth-order valence-electron chi connectivity index (χ4n) is 9.76. The molecule has 0 aromatic heterocycles. The van der Waals surface area contributed by atoms with Crippen LogP contribution in [0.4, 0.5) is 0 Å². The van der Waals surface area contributed by atoms with Crippen LogP contribution in [-0.2, 0) is 28.6 Å². The molecule has 438 valence electrons. The van der Waals surface area contributed by atoms with Crippen LogP contribution in [0.3, 0.4) is 0 Å². The van der Waals surface area contributed by atoms with Gasteiger partial charge in [0.2, 0.25) is 0 Å². The summed E-state index contributed by atoms with van der Waals surface area (Å²) in [6, 6.07) is 0. The van der Waals surface area contributed by atoms with E-state index in [-0.39, 0.29) is 31.1 Å². The first-order valence-electron chi connectivity index (χ1n) is 33.1. The number of hydrogen-bond donors (Lipinski definition) is 0. The van der Waals surface area contributed by atoms with Gasteiger partial charge in [0.05, 0.1) is 0 Å². The highest BCUT2D eigenvalue weighted by Crippen LogP contribution is 2.17. The molecule has 1 unspecified atom stereocenters. The topological polar surface area (TPSA) is 78.9 Å². The molecule has 0 saturated carbocycles. The lowest BCUT2D eigenvalue weighted by molar-refractivity contribution is -0.167. The second kappa shape index (κ2) is 63.9. The molecule has 6 nitrogen and oxygen atoms in total. The summed E-state index contributed by atoms with van der Waals surface area (Å²) in [5.74, 6) is -0.868. The highest BCUT2D eigenvalue weighted by atomic mass is 16.6. The van der Waals surface area contributed by atoms with E-state index in [9.17, 15) is 14.4 Å². The standard InChI is InChI=1S/C69H126O6/c1-4-7-10-13-16-19-22-25-27-29-30-31-32-33-34-35-36-37-38-40-41-44-47-50-53-56-59-62-68(71)74-65-66(64-73-67(70)61-58-55-52-49-46-43-24-21-18-15-12-9-6-3)75-69(72)63-60-57-54-51-48-45-42-39-28-26-23-20-17-14-11-8-5-2/h21-22,24-26,28-30,66H,4-20,23,27,31-65H2,1-3H3/b24-21-,25-22-,28-26-,30-29-. The Bertz CT molecular complexity index is 1300. The summed E-state index contributed by atoms with van der Waals surface area (Å²) in [7, 11) is 0. The first-order valence-corrected chi connectivity index (χ1v) is 33.1. The molecular weight excluding hydrogens is 925 g/mol. The first kappa shape index (κ1) is 72.4. The number of rotatable bonds is 61. The SMILES string of the molecule is CCCCCC/C=C\CCCCCCCC(=O)OCC(COC(=O)CCCCCCCCCCCCCCCCC/C=C\C/C=C\CCCCCCC)OC(=O)CCCCCCCCC/C=C\CCCCCCCC. The zero-order chi connectivity index (χ0) is 54.3. The minimum atomic E-state index is -0.778. The van der Waals surface area contributed by atoms with Crippen LogP contribution in [0.5, 0.6) is 0 Å². The Morgan fingerprint density at radius 2 is 0.480 bits per heavy atom. The summed E-state index contributed by atoms with van der Waals surface area (Å²) in [5.41, 5.74) is 0. The van der Waals surface area contributed by atoms with Gasteiger partial charge in [-0.3, -0.25) is 14.4 Å². The molecule has 6 heteroatoms. The zero-order valence-corrected chi connectivity index (χ0v) is 50.3. The molecule has 0 aliphatic rings. The van der Waals surface area contributed by atoms with Crippen molar-refractivity contribution in [2.75, 3.05) is 13.2 Å². The van der Waals surface area contributed by atoms with E-state index in [2.05, 4.69) is 69.4 Å². The van der Waals surface area contributed by atoms with E-state index in [0.717, 1.165) is 70.6 Å². The van der Waals surface area contributed by atoms with Gasteiger partial charge < -0.3 is 14.2 Å². The Labute approximate surface area is 467 Å². The average Bonchev–Trinajstić information content (AvgIpc) is 3.41. The van der Waals surface area contributed by atoms with Crippen molar-refractivity contribution in [1.82, 2.24) is 0 Å². The maximum atomic E-state index is 12.9. The highest BCUT2D eigenvalue weighted by Gasteiger charge is 2.19. The number of hydrogen-bond acceptors (Lipinski definition) is 6. The van der Waals surface area contributed by atoms with Crippen LogP contribution in [-0.4, -0.2) is 37.2 Å². The van der Waals surface area contributed by atoms with E-state index < -0.39 is 6.10 Å². The van der Waals surface area contributed by atoms with E-state index in [1.165, 1.54) is 244 Å². The van der Waals surface area contributed by atoms with E-state index in [1.807, 2.05) is 0 Å². The molecule has 0 aromatic carbocycles. The van der Waals surface area contributed by atoms with Crippen LogP contribution in [0.2, 0.25) is 0 Å². The Morgan fingerprint density at radius 3 is 0.760 bits per heavy atom. The van der Waals surface area contributed by atoms with Crippen molar-refractivity contribution in [2.24, 2.45) is 0 Å². The lowest BCUT2D eigenvalue weighted by Crippen LogP contribution is -2.30. The van der Waals surface area contributed by atoms with E-state index in [4.69, 9.17) is 14.2 Å². The van der Waals surface area contributed by atoms with Crippen LogP contribution < -0.4 is 0 Å². The molecule has 0 spiro atoms. The number of esters is 3. The Kier molecular flexibility index (Phi) is 61.7. The van der Waals surface area contributed by atoms with Crippen molar-refractivity contribution in [3.8, 4) is 0 Å². The van der Waals surface area contributed by atoms with Gasteiger partial charge in [0.15, 0.2) is 6.10 Å². The number of unbranched alkanes of at least 4 members (excludes halogenated alkanes) is 42. The zero-order valence-electron chi connectivity index (χ0n) is 50.3. The van der Waals surface area contributed by atoms with Gasteiger partial charge in [-0.05, 0) is 103 Å². The number of allylic oxidation sites excluding steroid dienone is 8. The Balaban J connectivity index is 4.23.